The molecule has 3 amide bonds. The van der Waals surface area contributed by atoms with Gasteiger partial charge in [0.1, 0.15) is 5.75 Å². The highest BCUT2D eigenvalue weighted by Gasteiger charge is 2.24. The van der Waals surface area contributed by atoms with Gasteiger partial charge in [-0.2, -0.15) is 0 Å². The standard InChI is InChI=1S/C22H24N4O3/c1-29-18-8-6-17(7-9-18)24-22(28)26-12-10-25(11-13-26)21(27)14-16-15-23-20-5-3-2-4-19(16)20/h2-9,15,23H,10-14H2,1H3,(H,24,28). The van der Waals surface area contributed by atoms with E-state index in [0.29, 0.717) is 38.3 Å². The van der Waals surface area contributed by atoms with Gasteiger partial charge in [0, 0.05) is 49.0 Å². The first kappa shape index (κ1) is 18.9. The number of hydrogen-bond donors (Lipinski definition) is 2. The number of anilines is 1. The number of para-hydroxylation sites is 1. The van der Waals surface area contributed by atoms with Crippen LogP contribution < -0.4 is 10.1 Å². The summed E-state index contributed by atoms with van der Waals surface area (Å²) in [7, 11) is 1.60. The summed E-state index contributed by atoms with van der Waals surface area (Å²) in [5.74, 6) is 0.829. The Kier molecular flexibility index (Phi) is 5.37. The summed E-state index contributed by atoms with van der Waals surface area (Å²) < 4.78 is 5.12. The monoisotopic (exact) mass is 392 g/mol. The molecule has 0 unspecified atom stereocenters. The minimum atomic E-state index is -0.154. The summed E-state index contributed by atoms with van der Waals surface area (Å²) in [6.45, 7) is 2.11. The van der Waals surface area contributed by atoms with Crippen molar-refractivity contribution in [3.63, 3.8) is 0 Å². The van der Waals surface area contributed by atoms with E-state index in [1.54, 1.807) is 36.3 Å². The lowest BCUT2D eigenvalue weighted by atomic mass is 10.1. The molecule has 0 saturated carbocycles. The molecule has 3 aromatic rings. The van der Waals surface area contributed by atoms with Crippen molar-refractivity contribution in [2.75, 3.05) is 38.6 Å². The van der Waals surface area contributed by atoms with E-state index in [2.05, 4.69) is 10.3 Å². The van der Waals surface area contributed by atoms with Gasteiger partial charge in [-0.3, -0.25) is 4.79 Å². The highest BCUT2D eigenvalue weighted by Crippen LogP contribution is 2.19. The van der Waals surface area contributed by atoms with Gasteiger partial charge in [0.2, 0.25) is 5.91 Å². The molecule has 0 atom stereocenters. The van der Waals surface area contributed by atoms with E-state index in [1.165, 1.54) is 0 Å². The molecule has 1 fully saturated rings. The topological polar surface area (TPSA) is 77.7 Å². The third-order valence-electron chi connectivity index (χ3n) is 5.28. The highest BCUT2D eigenvalue weighted by molar-refractivity contribution is 5.90. The molecule has 1 aliphatic heterocycles. The van der Waals surface area contributed by atoms with Crippen molar-refractivity contribution in [1.82, 2.24) is 14.8 Å². The first-order chi connectivity index (χ1) is 14.1. The first-order valence-electron chi connectivity index (χ1n) is 9.67. The van der Waals surface area contributed by atoms with Crippen LogP contribution in [0.1, 0.15) is 5.56 Å². The second-order valence-corrected chi connectivity index (χ2v) is 7.06. The Morgan fingerprint density at radius 2 is 1.69 bits per heavy atom. The maximum atomic E-state index is 12.7. The van der Waals surface area contributed by atoms with E-state index < -0.39 is 0 Å². The Labute approximate surface area is 169 Å². The van der Waals surface area contributed by atoms with Crippen molar-refractivity contribution in [2.45, 2.75) is 6.42 Å². The minimum Gasteiger partial charge on any atom is -0.497 e. The largest absolute Gasteiger partial charge is 0.497 e. The number of amides is 3. The summed E-state index contributed by atoms with van der Waals surface area (Å²) in [6.07, 6.45) is 2.27. The average Bonchev–Trinajstić information content (AvgIpc) is 3.17. The molecule has 150 valence electrons. The van der Waals surface area contributed by atoms with Gasteiger partial charge in [-0.1, -0.05) is 18.2 Å². The second-order valence-electron chi connectivity index (χ2n) is 7.06. The summed E-state index contributed by atoms with van der Waals surface area (Å²) in [4.78, 5) is 32.0. The summed E-state index contributed by atoms with van der Waals surface area (Å²) >= 11 is 0. The molecule has 0 spiro atoms. The van der Waals surface area contributed by atoms with Crippen molar-refractivity contribution < 1.29 is 14.3 Å². The Hall–Kier alpha value is -3.48. The van der Waals surface area contributed by atoms with Crippen LogP contribution in [0.25, 0.3) is 10.9 Å². The smallest absolute Gasteiger partial charge is 0.321 e. The number of carbonyl (C=O) groups excluding carboxylic acids is 2. The Morgan fingerprint density at radius 3 is 2.41 bits per heavy atom. The minimum absolute atomic E-state index is 0.0879. The van der Waals surface area contributed by atoms with Gasteiger partial charge >= 0.3 is 6.03 Å². The summed E-state index contributed by atoms with van der Waals surface area (Å²) in [6, 6.07) is 15.0. The lowest BCUT2D eigenvalue weighted by Crippen LogP contribution is -2.52. The van der Waals surface area contributed by atoms with Crippen molar-refractivity contribution >= 4 is 28.5 Å². The van der Waals surface area contributed by atoms with Gasteiger partial charge in [0.25, 0.3) is 0 Å². The molecule has 2 heterocycles. The molecular weight excluding hydrogens is 368 g/mol. The lowest BCUT2D eigenvalue weighted by molar-refractivity contribution is -0.131. The van der Waals surface area contributed by atoms with Gasteiger partial charge in [-0.05, 0) is 35.9 Å². The average molecular weight is 392 g/mol. The summed E-state index contributed by atoms with van der Waals surface area (Å²) in [5.41, 5.74) is 2.76. The number of fused-ring (bicyclic) bond motifs is 1. The quantitative estimate of drug-likeness (QED) is 0.716. The van der Waals surface area contributed by atoms with Crippen LogP contribution in [0, 0.1) is 0 Å². The van der Waals surface area contributed by atoms with Crippen LogP contribution in [0.15, 0.2) is 54.7 Å². The summed E-state index contributed by atoms with van der Waals surface area (Å²) in [5, 5.41) is 3.97. The number of carbonyl (C=O) groups is 2. The van der Waals surface area contributed by atoms with Crippen molar-refractivity contribution in [3.8, 4) is 5.75 Å². The van der Waals surface area contributed by atoms with Crippen molar-refractivity contribution in [3.05, 3.63) is 60.3 Å². The fourth-order valence-corrected chi connectivity index (χ4v) is 3.59. The fourth-order valence-electron chi connectivity index (χ4n) is 3.59. The Morgan fingerprint density at radius 1 is 1.00 bits per heavy atom. The molecule has 7 nitrogen and oxygen atoms in total. The van der Waals surface area contributed by atoms with Crippen LogP contribution >= 0.6 is 0 Å². The predicted molar refractivity (Wildman–Crippen MR) is 112 cm³/mol. The van der Waals surface area contributed by atoms with Gasteiger partial charge in [0.05, 0.1) is 13.5 Å². The van der Waals surface area contributed by atoms with Crippen LogP contribution in [0.5, 0.6) is 5.75 Å². The number of piperazine rings is 1. The molecule has 29 heavy (non-hydrogen) atoms. The molecule has 0 aliphatic carbocycles. The number of nitrogens with one attached hydrogen (secondary N) is 2. The van der Waals surface area contributed by atoms with Crippen LogP contribution in [-0.4, -0.2) is 60.0 Å². The zero-order valence-electron chi connectivity index (χ0n) is 16.4. The number of urea groups is 1. The number of aromatic amines is 1. The van der Waals surface area contributed by atoms with Crippen LogP contribution in [0.4, 0.5) is 10.5 Å². The van der Waals surface area contributed by atoms with E-state index in [9.17, 15) is 9.59 Å². The molecule has 7 heteroatoms. The third-order valence-corrected chi connectivity index (χ3v) is 5.28. The van der Waals surface area contributed by atoms with Crippen LogP contribution in [0.2, 0.25) is 0 Å². The Balaban J connectivity index is 1.30. The normalized spacial score (nSPS) is 14.1. The molecule has 1 aliphatic rings. The number of rotatable bonds is 4. The van der Waals surface area contributed by atoms with Crippen molar-refractivity contribution in [2.24, 2.45) is 0 Å². The number of aromatic nitrogens is 1. The lowest BCUT2D eigenvalue weighted by Gasteiger charge is -2.34. The fraction of sp³-hybridized carbons (Fsp3) is 0.273. The molecular formula is C22H24N4O3. The number of methoxy groups -OCH3 is 1. The number of benzene rings is 2. The molecule has 0 bridgehead atoms. The maximum Gasteiger partial charge on any atom is 0.321 e. The van der Waals surface area contributed by atoms with Gasteiger partial charge in [-0.15, -0.1) is 0 Å². The number of nitrogens with zero attached hydrogens (tertiary/aromatic N) is 2. The van der Waals surface area contributed by atoms with Crippen LogP contribution in [0.3, 0.4) is 0 Å². The van der Waals surface area contributed by atoms with Crippen LogP contribution in [-0.2, 0) is 11.2 Å². The first-order valence-corrected chi connectivity index (χ1v) is 9.67. The zero-order valence-corrected chi connectivity index (χ0v) is 16.4. The number of hydrogen-bond acceptors (Lipinski definition) is 3. The molecule has 1 aromatic heterocycles. The maximum absolute atomic E-state index is 12.7. The van der Waals surface area contributed by atoms with E-state index in [4.69, 9.17) is 4.74 Å². The highest BCUT2D eigenvalue weighted by atomic mass is 16.5. The van der Waals surface area contributed by atoms with Gasteiger partial charge in [0.15, 0.2) is 0 Å². The second kappa shape index (κ2) is 8.26. The molecule has 1 saturated heterocycles. The predicted octanol–water partition coefficient (Wildman–Crippen LogP) is 3.10. The van der Waals surface area contributed by atoms with E-state index in [0.717, 1.165) is 22.2 Å². The number of H-pyrrole nitrogens is 1. The Bertz CT molecular complexity index is 1000. The van der Waals surface area contributed by atoms with E-state index in [-0.39, 0.29) is 11.9 Å². The SMILES string of the molecule is COc1ccc(NC(=O)N2CCN(C(=O)Cc3c[nH]c4ccccc34)CC2)cc1. The van der Waals surface area contributed by atoms with E-state index in [1.807, 2.05) is 35.4 Å². The molecule has 2 aromatic carbocycles. The molecule has 4 rings (SSSR count). The van der Waals surface area contributed by atoms with Crippen molar-refractivity contribution in [1.29, 1.82) is 0 Å². The third kappa shape index (κ3) is 4.18. The molecule has 0 radical (unpaired) electrons. The van der Waals surface area contributed by atoms with Gasteiger partial charge in [-0.25, -0.2) is 4.79 Å². The van der Waals surface area contributed by atoms with E-state index >= 15 is 0 Å². The zero-order chi connectivity index (χ0) is 20.2. The molecule has 2 N–H and O–H groups in total. The number of ether oxygens (including phenoxy) is 1. The van der Waals surface area contributed by atoms with Gasteiger partial charge < -0.3 is 24.8 Å².